The first-order chi connectivity index (χ1) is 20.1. The van der Waals surface area contributed by atoms with Crippen LogP contribution in [0.5, 0.6) is 11.5 Å². The Morgan fingerprint density at radius 3 is 2.63 bits per heavy atom. The normalized spacial score (nSPS) is 34.7. The van der Waals surface area contributed by atoms with Crippen LogP contribution in [0.3, 0.4) is 0 Å². The Morgan fingerprint density at radius 2 is 1.85 bits per heavy atom. The largest absolute Gasteiger partial charge is 0.485 e. The van der Waals surface area contributed by atoms with Crippen LogP contribution in [0.2, 0.25) is 0 Å². The van der Waals surface area contributed by atoms with Crippen LogP contribution >= 0.6 is 0 Å². The van der Waals surface area contributed by atoms with Crippen LogP contribution in [0, 0.1) is 11.8 Å². The highest BCUT2D eigenvalue weighted by atomic mass is 16.7. The Labute approximate surface area is 241 Å². The fourth-order valence-corrected chi connectivity index (χ4v) is 8.82. The summed E-state index contributed by atoms with van der Waals surface area (Å²) >= 11 is 0. The lowest BCUT2D eigenvalue weighted by molar-refractivity contribution is -0.251. The van der Waals surface area contributed by atoms with Crippen LogP contribution in [0.4, 0.5) is 0 Å². The number of aliphatic hydroxyl groups is 2. The molecule has 2 aromatic carbocycles. The number of benzene rings is 2. The molecule has 0 aromatic heterocycles. The summed E-state index contributed by atoms with van der Waals surface area (Å²) in [6.45, 7) is 3.55. The fourth-order valence-electron chi connectivity index (χ4n) is 8.82. The Hall–Kier alpha value is -2.20. The summed E-state index contributed by atoms with van der Waals surface area (Å²) < 4.78 is 32.8. The minimum Gasteiger partial charge on any atom is -0.485 e. The van der Waals surface area contributed by atoms with Gasteiger partial charge in [0.2, 0.25) is 0 Å². The first-order valence-electron chi connectivity index (χ1n) is 15.5. The minimum absolute atomic E-state index is 0.0629. The van der Waals surface area contributed by atoms with Gasteiger partial charge < -0.3 is 33.9 Å². The van der Waals surface area contributed by atoms with Crippen LogP contribution in [0.15, 0.2) is 42.5 Å². The van der Waals surface area contributed by atoms with E-state index in [9.17, 15) is 10.2 Å². The number of hydrogen-bond donors (Lipinski definition) is 2. The Balaban J connectivity index is 1.25. The number of likely N-dealkylation sites (tertiary alicyclic amines) is 1. The maximum absolute atomic E-state index is 10.5. The van der Waals surface area contributed by atoms with Crippen molar-refractivity contribution in [2.45, 2.75) is 80.7 Å². The molecule has 6 aliphatic rings. The molecule has 2 N–H and O–H groups in total. The molecule has 8 rings (SSSR count). The lowest BCUT2D eigenvalue weighted by Gasteiger charge is -2.66. The van der Waals surface area contributed by atoms with E-state index in [-0.39, 0.29) is 37.6 Å². The van der Waals surface area contributed by atoms with Gasteiger partial charge in [-0.25, -0.2) is 0 Å². The van der Waals surface area contributed by atoms with Crippen molar-refractivity contribution in [3.8, 4) is 11.5 Å². The zero-order valence-electron chi connectivity index (χ0n) is 23.6. The summed E-state index contributed by atoms with van der Waals surface area (Å²) in [6, 6.07) is 14.7. The topological polar surface area (TPSA) is 89.9 Å². The second kappa shape index (κ2) is 10.2. The van der Waals surface area contributed by atoms with Crippen LogP contribution in [-0.2, 0) is 32.7 Å². The molecule has 8 heteroatoms. The monoisotopic (exact) mass is 563 g/mol. The molecule has 220 valence electrons. The lowest BCUT2D eigenvalue weighted by atomic mass is 9.47. The second-order valence-electron chi connectivity index (χ2n) is 13.0. The Kier molecular flexibility index (Phi) is 6.58. The van der Waals surface area contributed by atoms with Gasteiger partial charge in [-0.15, -0.1) is 0 Å². The van der Waals surface area contributed by atoms with Crippen LogP contribution in [0.1, 0.15) is 48.8 Å². The molecule has 3 aliphatic carbocycles. The Morgan fingerprint density at radius 1 is 1.02 bits per heavy atom. The van der Waals surface area contributed by atoms with E-state index in [2.05, 4.69) is 29.2 Å². The van der Waals surface area contributed by atoms with Crippen LogP contribution < -0.4 is 9.47 Å². The summed E-state index contributed by atoms with van der Waals surface area (Å²) in [5.74, 6) is 2.44. The maximum atomic E-state index is 10.5. The molecule has 41 heavy (non-hydrogen) atoms. The highest BCUT2D eigenvalue weighted by Gasteiger charge is 2.75. The van der Waals surface area contributed by atoms with Gasteiger partial charge >= 0.3 is 0 Å². The van der Waals surface area contributed by atoms with E-state index in [0.29, 0.717) is 19.8 Å². The van der Waals surface area contributed by atoms with Crippen LogP contribution in [0.25, 0.3) is 0 Å². The van der Waals surface area contributed by atoms with Crippen molar-refractivity contribution >= 4 is 0 Å². The van der Waals surface area contributed by atoms with Gasteiger partial charge in [-0.05, 0) is 68.2 Å². The summed E-state index contributed by atoms with van der Waals surface area (Å²) in [7, 11) is 0. The number of aliphatic hydroxyl groups excluding tert-OH is 2. The SMILES string of the molecule is OCC(O)COC12CCC(C3OCCO3)[C@@H]3Oc4c(OCc5ccccc5)ccc5c4[C@@]31CCN(CC1CC1)[C@@H]2C5. The fraction of sp³-hybridized carbons (Fsp3) is 0.636. The Bertz CT molecular complexity index is 1260. The summed E-state index contributed by atoms with van der Waals surface area (Å²) in [6.07, 6.45) is 4.67. The highest BCUT2D eigenvalue weighted by molar-refractivity contribution is 5.63. The number of hydrogen-bond acceptors (Lipinski definition) is 8. The van der Waals surface area contributed by atoms with E-state index < -0.39 is 17.1 Å². The van der Waals surface area contributed by atoms with E-state index in [1.54, 1.807) is 0 Å². The van der Waals surface area contributed by atoms with Crippen molar-refractivity contribution < 1.29 is 33.9 Å². The lowest BCUT2D eigenvalue weighted by Crippen LogP contribution is -2.78. The molecule has 3 heterocycles. The third kappa shape index (κ3) is 4.09. The van der Waals surface area contributed by atoms with Gasteiger partial charge in [0.25, 0.3) is 0 Å². The second-order valence-corrected chi connectivity index (χ2v) is 13.0. The van der Waals surface area contributed by atoms with Gasteiger partial charge in [-0.3, -0.25) is 4.90 Å². The molecule has 1 spiro atoms. The number of piperidine rings is 1. The molecule has 2 aromatic rings. The average molecular weight is 564 g/mol. The van der Waals surface area contributed by atoms with Gasteiger partial charge in [-0.2, -0.15) is 0 Å². The van der Waals surface area contributed by atoms with E-state index in [1.807, 2.05) is 18.2 Å². The molecule has 0 amide bonds. The molecular weight excluding hydrogens is 522 g/mol. The van der Waals surface area contributed by atoms with Crippen molar-refractivity contribution in [3.05, 3.63) is 59.2 Å². The minimum atomic E-state index is -0.917. The first-order valence-corrected chi connectivity index (χ1v) is 15.5. The molecule has 0 radical (unpaired) electrons. The van der Waals surface area contributed by atoms with E-state index in [1.165, 1.54) is 24.0 Å². The highest BCUT2D eigenvalue weighted by Crippen LogP contribution is 2.68. The van der Waals surface area contributed by atoms with Crippen LogP contribution in [-0.4, -0.2) is 84.8 Å². The molecule has 2 saturated heterocycles. The first kappa shape index (κ1) is 26.4. The van der Waals surface area contributed by atoms with Crippen molar-refractivity contribution in [3.63, 3.8) is 0 Å². The molecule has 2 saturated carbocycles. The summed E-state index contributed by atoms with van der Waals surface area (Å²) in [5.41, 5.74) is 2.69. The summed E-state index contributed by atoms with van der Waals surface area (Å²) in [4.78, 5) is 2.68. The third-order valence-electron chi connectivity index (χ3n) is 10.7. The number of rotatable bonds is 10. The van der Waals surface area contributed by atoms with Gasteiger partial charge in [0.05, 0.1) is 37.4 Å². The van der Waals surface area contributed by atoms with Crippen molar-refractivity contribution in [2.75, 3.05) is 39.5 Å². The average Bonchev–Trinajstić information content (AvgIpc) is 3.51. The molecule has 8 nitrogen and oxygen atoms in total. The van der Waals surface area contributed by atoms with Crippen molar-refractivity contribution in [1.29, 1.82) is 0 Å². The zero-order valence-corrected chi connectivity index (χ0v) is 23.6. The number of nitrogens with zero attached hydrogens (tertiary/aromatic N) is 1. The maximum Gasteiger partial charge on any atom is 0.165 e. The predicted molar refractivity (Wildman–Crippen MR) is 150 cm³/mol. The molecule has 3 unspecified atom stereocenters. The van der Waals surface area contributed by atoms with E-state index in [0.717, 1.165) is 61.8 Å². The predicted octanol–water partition coefficient (Wildman–Crippen LogP) is 3.20. The van der Waals surface area contributed by atoms with Gasteiger partial charge in [0.15, 0.2) is 17.8 Å². The molecule has 3 aliphatic heterocycles. The number of ether oxygens (including phenoxy) is 5. The van der Waals surface area contributed by atoms with E-state index in [4.69, 9.17) is 23.7 Å². The van der Waals surface area contributed by atoms with Gasteiger partial charge in [0, 0.05) is 24.1 Å². The quantitative estimate of drug-likeness (QED) is 0.456. The molecule has 2 bridgehead atoms. The molecular formula is C33H41NO7. The van der Waals surface area contributed by atoms with Gasteiger partial charge in [-0.1, -0.05) is 36.4 Å². The smallest absolute Gasteiger partial charge is 0.165 e. The molecule has 4 fully saturated rings. The van der Waals surface area contributed by atoms with E-state index >= 15 is 0 Å². The summed E-state index contributed by atoms with van der Waals surface area (Å²) in [5, 5.41) is 20.2. The van der Waals surface area contributed by atoms with Gasteiger partial charge in [0.1, 0.15) is 18.8 Å². The van der Waals surface area contributed by atoms with Crippen molar-refractivity contribution in [1.82, 2.24) is 4.90 Å². The standard InChI is InChI=1S/C33H41NO7/c35-18-24(36)20-40-33-11-10-25(31-37-14-15-38-31)30-32(33)12-13-34(17-21-6-7-21)27(33)16-23-8-9-26(29(41-30)28(23)32)39-19-22-4-2-1-3-5-22/h1-5,8-9,21,24-25,27,30-31,35-36H,6-7,10-20H2/t24?,25?,27-,30+,32+,33?/m1/s1. The zero-order chi connectivity index (χ0) is 27.6. The third-order valence-corrected chi connectivity index (χ3v) is 10.7. The van der Waals surface area contributed by atoms with Crippen molar-refractivity contribution in [2.24, 2.45) is 11.8 Å². The molecule has 6 atom stereocenters.